The number of hydrogen-bond donors (Lipinski definition) is 1. The Kier molecular flexibility index (Phi) is 6.21. The number of para-hydroxylation sites is 1. The second kappa shape index (κ2) is 8.27. The van der Waals surface area contributed by atoms with Crippen molar-refractivity contribution in [2.45, 2.75) is 46.2 Å². The van der Waals surface area contributed by atoms with Crippen molar-refractivity contribution in [2.24, 2.45) is 0 Å². The maximum absolute atomic E-state index is 12.1. The standard InChI is InChI=1S/C20H23N3OS2.ClH/c1-4-17(24)22-20-18(19-21-14-7-5-6-8-15(14)25-19)13-9-10-23(12(2)3)11-16(13)26-20;/h5-8,12H,4,9-11H2,1-3H3,(H,22,24);1H. The molecule has 1 amide bonds. The fourth-order valence-corrected chi connectivity index (χ4v) is 5.77. The smallest absolute Gasteiger partial charge is 0.224 e. The van der Waals surface area contributed by atoms with Crippen LogP contribution in [0.4, 0.5) is 5.00 Å². The van der Waals surface area contributed by atoms with Crippen molar-refractivity contribution in [1.82, 2.24) is 9.88 Å². The maximum Gasteiger partial charge on any atom is 0.224 e. The van der Waals surface area contributed by atoms with Crippen molar-refractivity contribution >= 4 is 56.2 Å². The Morgan fingerprint density at radius 3 is 2.78 bits per heavy atom. The summed E-state index contributed by atoms with van der Waals surface area (Å²) in [5.74, 6) is 0.0617. The van der Waals surface area contributed by atoms with E-state index in [1.54, 1.807) is 22.7 Å². The predicted molar refractivity (Wildman–Crippen MR) is 118 cm³/mol. The molecule has 0 bridgehead atoms. The first kappa shape index (κ1) is 20.3. The topological polar surface area (TPSA) is 45.2 Å². The zero-order chi connectivity index (χ0) is 18.3. The Balaban J connectivity index is 0.00000210. The van der Waals surface area contributed by atoms with E-state index in [2.05, 4.69) is 36.2 Å². The van der Waals surface area contributed by atoms with Gasteiger partial charge in [0.05, 0.1) is 10.2 Å². The number of anilines is 1. The summed E-state index contributed by atoms with van der Waals surface area (Å²) in [6.07, 6.45) is 1.50. The van der Waals surface area contributed by atoms with Gasteiger partial charge in [-0.3, -0.25) is 9.69 Å². The summed E-state index contributed by atoms with van der Waals surface area (Å²) in [5, 5.41) is 5.12. The molecule has 0 unspecified atom stereocenters. The molecular weight excluding hydrogens is 398 g/mol. The lowest BCUT2D eigenvalue weighted by Crippen LogP contribution is -2.35. The first-order chi connectivity index (χ1) is 12.6. The van der Waals surface area contributed by atoms with Crippen molar-refractivity contribution in [3.8, 4) is 10.6 Å². The highest BCUT2D eigenvalue weighted by Crippen LogP contribution is 2.45. The number of benzene rings is 1. The fraction of sp³-hybridized carbons (Fsp3) is 0.400. The molecule has 4 nitrogen and oxygen atoms in total. The number of carbonyl (C=O) groups is 1. The first-order valence-corrected chi connectivity index (χ1v) is 10.7. The molecule has 1 aliphatic rings. The highest BCUT2D eigenvalue weighted by molar-refractivity contribution is 7.22. The molecule has 0 saturated heterocycles. The number of nitrogens with one attached hydrogen (secondary N) is 1. The molecule has 1 aromatic carbocycles. The van der Waals surface area contributed by atoms with Gasteiger partial charge in [0.15, 0.2) is 0 Å². The number of hydrogen-bond acceptors (Lipinski definition) is 5. The number of thiazole rings is 1. The van der Waals surface area contributed by atoms with E-state index in [0.717, 1.165) is 40.6 Å². The van der Waals surface area contributed by atoms with Crippen molar-refractivity contribution in [3.63, 3.8) is 0 Å². The molecule has 0 saturated carbocycles. The molecular formula is C20H24ClN3OS2. The Hall–Kier alpha value is -1.47. The molecule has 0 spiro atoms. The molecule has 27 heavy (non-hydrogen) atoms. The molecule has 1 N–H and O–H groups in total. The van der Waals surface area contributed by atoms with Crippen LogP contribution >= 0.6 is 35.1 Å². The van der Waals surface area contributed by atoms with Gasteiger partial charge in [0.25, 0.3) is 0 Å². The minimum atomic E-state index is 0. The molecule has 7 heteroatoms. The third-order valence-corrected chi connectivity index (χ3v) is 7.08. The van der Waals surface area contributed by atoms with Crippen LogP contribution in [0.1, 0.15) is 37.6 Å². The highest BCUT2D eigenvalue weighted by Gasteiger charge is 2.28. The van der Waals surface area contributed by atoms with Gasteiger partial charge in [-0.2, -0.15) is 0 Å². The van der Waals surface area contributed by atoms with Gasteiger partial charge in [0.1, 0.15) is 10.0 Å². The van der Waals surface area contributed by atoms with Crippen LogP contribution in [0.15, 0.2) is 24.3 Å². The number of carbonyl (C=O) groups excluding carboxylic acids is 1. The molecule has 3 aromatic rings. The largest absolute Gasteiger partial charge is 0.317 e. The van der Waals surface area contributed by atoms with Crippen LogP contribution in [0.2, 0.25) is 0 Å². The summed E-state index contributed by atoms with van der Waals surface area (Å²) in [4.78, 5) is 20.8. The Morgan fingerprint density at radius 1 is 1.30 bits per heavy atom. The van der Waals surface area contributed by atoms with E-state index < -0.39 is 0 Å². The number of aromatic nitrogens is 1. The highest BCUT2D eigenvalue weighted by atomic mass is 35.5. The molecule has 0 atom stereocenters. The van der Waals surface area contributed by atoms with Crippen molar-refractivity contribution in [2.75, 3.05) is 11.9 Å². The van der Waals surface area contributed by atoms with Gasteiger partial charge in [-0.25, -0.2) is 4.98 Å². The van der Waals surface area contributed by atoms with Gasteiger partial charge in [-0.05, 0) is 38.0 Å². The molecule has 2 aromatic heterocycles. The second-order valence-corrected chi connectivity index (χ2v) is 9.05. The SMILES string of the molecule is CCC(=O)Nc1sc2c(c1-c1nc3ccccc3s1)CCN(C(C)C)C2.Cl. The summed E-state index contributed by atoms with van der Waals surface area (Å²) in [7, 11) is 0. The molecule has 144 valence electrons. The summed E-state index contributed by atoms with van der Waals surface area (Å²) in [6, 6.07) is 8.77. The fourth-order valence-electron chi connectivity index (χ4n) is 3.37. The molecule has 3 heterocycles. The van der Waals surface area contributed by atoms with Crippen molar-refractivity contribution in [3.05, 3.63) is 34.7 Å². The van der Waals surface area contributed by atoms with Gasteiger partial charge < -0.3 is 5.32 Å². The van der Waals surface area contributed by atoms with Crippen LogP contribution < -0.4 is 5.32 Å². The molecule has 0 radical (unpaired) electrons. The van der Waals surface area contributed by atoms with Crippen LogP contribution in [0.3, 0.4) is 0 Å². The second-order valence-electron chi connectivity index (χ2n) is 6.91. The van der Waals surface area contributed by atoms with Crippen LogP contribution in [0.5, 0.6) is 0 Å². The lowest BCUT2D eigenvalue weighted by molar-refractivity contribution is -0.115. The number of thiophene rings is 1. The van der Waals surface area contributed by atoms with Gasteiger partial charge in [0, 0.05) is 36.0 Å². The zero-order valence-electron chi connectivity index (χ0n) is 15.7. The third-order valence-electron chi connectivity index (χ3n) is 4.90. The maximum atomic E-state index is 12.1. The lowest BCUT2D eigenvalue weighted by atomic mass is 10.0. The van der Waals surface area contributed by atoms with Gasteiger partial charge >= 0.3 is 0 Å². The first-order valence-electron chi connectivity index (χ1n) is 9.11. The monoisotopic (exact) mass is 421 g/mol. The van der Waals surface area contributed by atoms with Gasteiger partial charge in [-0.1, -0.05) is 19.1 Å². The Bertz CT molecular complexity index is 930. The summed E-state index contributed by atoms with van der Waals surface area (Å²) < 4.78 is 1.19. The number of nitrogens with zero attached hydrogens (tertiary/aromatic N) is 2. The van der Waals surface area contributed by atoms with E-state index in [1.807, 2.05) is 19.1 Å². The van der Waals surface area contributed by atoms with E-state index in [4.69, 9.17) is 4.98 Å². The Labute approximate surface area is 174 Å². The number of rotatable bonds is 4. The van der Waals surface area contributed by atoms with Crippen molar-refractivity contribution < 1.29 is 4.79 Å². The Morgan fingerprint density at radius 2 is 2.07 bits per heavy atom. The lowest BCUT2D eigenvalue weighted by Gasteiger charge is -2.30. The van der Waals surface area contributed by atoms with E-state index >= 15 is 0 Å². The van der Waals surface area contributed by atoms with Crippen molar-refractivity contribution in [1.29, 1.82) is 0 Å². The number of halogens is 1. The molecule has 0 fully saturated rings. The van der Waals surface area contributed by atoms with Gasteiger partial charge in [-0.15, -0.1) is 35.1 Å². The summed E-state index contributed by atoms with van der Waals surface area (Å²) in [5.41, 5.74) is 3.55. The summed E-state index contributed by atoms with van der Waals surface area (Å²) in [6.45, 7) is 8.39. The van der Waals surface area contributed by atoms with E-state index in [-0.39, 0.29) is 18.3 Å². The minimum Gasteiger partial charge on any atom is -0.317 e. The minimum absolute atomic E-state index is 0. The van der Waals surface area contributed by atoms with E-state index in [9.17, 15) is 4.79 Å². The van der Waals surface area contributed by atoms with Crippen LogP contribution in [0, 0.1) is 0 Å². The number of fused-ring (bicyclic) bond motifs is 2. The van der Waals surface area contributed by atoms with E-state index in [1.165, 1.54) is 15.1 Å². The van der Waals surface area contributed by atoms with Crippen LogP contribution in [0.25, 0.3) is 20.8 Å². The number of amides is 1. The summed E-state index contributed by atoms with van der Waals surface area (Å²) >= 11 is 3.44. The predicted octanol–water partition coefficient (Wildman–Crippen LogP) is 5.56. The molecule has 0 aliphatic carbocycles. The van der Waals surface area contributed by atoms with Gasteiger partial charge in [0.2, 0.25) is 5.91 Å². The van der Waals surface area contributed by atoms with Crippen LogP contribution in [-0.4, -0.2) is 28.4 Å². The average Bonchev–Trinajstić information content (AvgIpc) is 3.20. The van der Waals surface area contributed by atoms with Crippen LogP contribution in [-0.2, 0) is 17.8 Å². The van der Waals surface area contributed by atoms with E-state index in [0.29, 0.717) is 12.5 Å². The average molecular weight is 422 g/mol. The molecule has 4 rings (SSSR count). The normalized spacial score (nSPS) is 14.2. The zero-order valence-corrected chi connectivity index (χ0v) is 18.2. The molecule has 1 aliphatic heterocycles. The quantitative estimate of drug-likeness (QED) is 0.599. The third kappa shape index (κ3) is 3.90.